The zero-order chi connectivity index (χ0) is 14.8. The third kappa shape index (κ3) is 2.76. The average Bonchev–Trinajstić information content (AvgIpc) is 3.14. The number of nitrogens with one attached hydrogen (secondary N) is 1. The van der Waals surface area contributed by atoms with Crippen LogP contribution in [0.15, 0.2) is 16.8 Å². The van der Waals surface area contributed by atoms with Gasteiger partial charge in [0.1, 0.15) is 6.17 Å². The zero-order valence-electron chi connectivity index (χ0n) is 13.0. The first-order chi connectivity index (χ1) is 10.3. The Morgan fingerprint density at radius 1 is 1.29 bits per heavy atom. The molecule has 1 aliphatic heterocycles. The van der Waals surface area contributed by atoms with Gasteiger partial charge in [-0.05, 0) is 47.6 Å². The third-order valence-electron chi connectivity index (χ3n) is 5.21. The number of carbonyl (C=O) groups is 1. The summed E-state index contributed by atoms with van der Waals surface area (Å²) in [4.78, 5) is 15.1. The lowest BCUT2D eigenvalue weighted by Gasteiger charge is -2.40. The number of thiophene rings is 1. The van der Waals surface area contributed by atoms with Crippen LogP contribution in [0.2, 0.25) is 0 Å². The van der Waals surface area contributed by atoms with Crippen LogP contribution in [0, 0.1) is 5.92 Å². The van der Waals surface area contributed by atoms with Gasteiger partial charge in [-0.2, -0.15) is 11.3 Å². The third-order valence-corrected chi connectivity index (χ3v) is 5.91. The van der Waals surface area contributed by atoms with Gasteiger partial charge in [0.2, 0.25) is 5.91 Å². The molecule has 0 aromatic carbocycles. The molecular weight excluding hydrogens is 280 g/mol. The Morgan fingerprint density at radius 3 is 2.76 bits per heavy atom. The number of rotatable bonds is 4. The van der Waals surface area contributed by atoms with Crippen molar-refractivity contribution in [3.8, 4) is 0 Å². The lowest BCUT2D eigenvalue weighted by molar-refractivity contribution is -0.134. The minimum Gasteiger partial charge on any atom is -0.318 e. The van der Waals surface area contributed by atoms with Gasteiger partial charge in [-0.15, -0.1) is 0 Å². The van der Waals surface area contributed by atoms with Crippen molar-refractivity contribution in [2.24, 2.45) is 5.92 Å². The van der Waals surface area contributed by atoms with Gasteiger partial charge in [0, 0.05) is 6.04 Å². The first-order valence-corrected chi connectivity index (χ1v) is 9.30. The molecule has 4 atom stereocenters. The topological polar surface area (TPSA) is 32.3 Å². The van der Waals surface area contributed by atoms with Gasteiger partial charge in [-0.3, -0.25) is 10.1 Å². The maximum Gasteiger partial charge on any atom is 0.241 e. The summed E-state index contributed by atoms with van der Waals surface area (Å²) in [6.07, 6.45) is 7.18. The molecule has 1 amide bonds. The molecule has 1 aliphatic carbocycles. The predicted molar refractivity (Wildman–Crippen MR) is 87.2 cm³/mol. The fraction of sp³-hybridized carbons (Fsp3) is 0.706. The molecule has 4 heteroatoms. The fourth-order valence-electron chi connectivity index (χ4n) is 4.01. The molecule has 0 bridgehead atoms. The van der Waals surface area contributed by atoms with Crippen molar-refractivity contribution in [1.29, 1.82) is 0 Å². The Labute approximate surface area is 131 Å². The van der Waals surface area contributed by atoms with Crippen LogP contribution in [0.1, 0.15) is 64.1 Å². The molecule has 3 nitrogen and oxygen atoms in total. The lowest BCUT2D eigenvalue weighted by atomic mass is 9.81. The van der Waals surface area contributed by atoms with Gasteiger partial charge in [-0.1, -0.05) is 33.1 Å². The van der Waals surface area contributed by atoms with Gasteiger partial charge >= 0.3 is 0 Å². The summed E-state index contributed by atoms with van der Waals surface area (Å²) in [5.74, 6) is 0.986. The molecule has 1 saturated heterocycles. The normalized spacial score (nSPS) is 33.6. The number of nitrogens with zero attached hydrogens (tertiary/aromatic N) is 1. The molecular formula is C17H26N2OS. The number of carbonyl (C=O) groups excluding carboxylic acids is 1. The highest BCUT2D eigenvalue weighted by molar-refractivity contribution is 7.07. The number of hydrogen-bond donors (Lipinski definition) is 1. The molecule has 1 aromatic rings. The second-order valence-corrected chi connectivity index (χ2v) is 7.13. The SMILES string of the molecule is CCC1NC(c2ccsc2)N(C2CCCCC2CC)C1=O. The van der Waals surface area contributed by atoms with Gasteiger partial charge < -0.3 is 4.90 Å². The summed E-state index contributed by atoms with van der Waals surface area (Å²) in [5.41, 5.74) is 1.25. The Bertz CT molecular complexity index is 473. The van der Waals surface area contributed by atoms with Crippen LogP contribution in [0.4, 0.5) is 0 Å². The Hall–Kier alpha value is -0.870. The van der Waals surface area contributed by atoms with E-state index in [9.17, 15) is 4.79 Å². The smallest absolute Gasteiger partial charge is 0.241 e. The first-order valence-electron chi connectivity index (χ1n) is 8.36. The first kappa shape index (κ1) is 15.0. The summed E-state index contributed by atoms with van der Waals surface area (Å²) in [7, 11) is 0. The molecule has 4 unspecified atom stereocenters. The predicted octanol–water partition coefficient (Wildman–Crippen LogP) is 3.93. The fourth-order valence-corrected chi connectivity index (χ4v) is 4.69. The standard InChI is InChI=1S/C17H26N2OS/c1-3-12-7-5-6-8-15(12)19-16(13-9-10-21-11-13)18-14(4-2)17(19)20/h9-12,14-16,18H,3-8H2,1-2H3. The highest BCUT2D eigenvalue weighted by Crippen LogP contribution is 2.38. The molecule has 21 heavy (non-hydrogen) atoms. The van der Waals surface area contributed by atoms with Crippen LogP contribution in [0.5, 0.6) is 0 Å². The van der Waals surface area contributed by atoms with E-state index in [1.54, 1.807) is 11.3 Å². The largest absolute Gasteiger partial charge is 0.318 e. The van der Waals surface area contributed by atoms with Crippen molar-refractivity contribution in [2.45, 2.75) is 70.6 Å². The molecule has 0 spiro atoms. The molecule has 1 aromatic heterocycles. The lowest BCUT2D eigenvalue weighted by Crippen LogP contribution is -2.45. The van der Waals surface area contributed by atoms with E-state index in [4.69, 9.17) is 0 Å². The molecule has 116 valence electrons. The summed E-state index contributed by atoms with van der Waals surface area (Å²) in [6.45, 7) is 4.37. The van der Waals surface area contributed by atoms with Crippen molar-refractivity contribution in [1.82, 2.24) is 10.2 Å². The van der Waals surface area contributed by atoms with E-state index in [1.807, 2.05) is 0 Å². The second-order valence-electron chi connectivity index (χ2n) is 6.35. The van der Waals surface area contributed by atoms with E-state index in [2.05, 4.69) is 40.9 Å². The highest BCUT2D eigenvalue weighted by Gasteiger charge is 2.44. The van der Waals surface area contributed by atoms with E-state index in [-0.39, 0.29) is 12.2 Å². The second kappa shape index (κ2) is 6.49. The highest BCUT2D eigenvalue weighted by atomic mass is 32.1. The zero-order valence-corrected chi connectivity index (χ0v) is 13.9. The number of amides is 1. The van der Waals surface area contributed by atoms with Crippen LogP contribution in [-0.2, 0) is 4.79 Å². The van der Waals surface area contributed by atoms with Gasteiger partial charge in [-0.25, -0.2) is 0 Å². The molecule has 1 saturated carbocycles. The molecule has 2 heterocycles. The summed E-state index contributed by atoms with van der Waals surface area (Å²) >= 11 is 1.71. The molecule has 0 radical (unpaired) electrons. The van der Waals surface area contributed by atoms with E-state index in [0.29, 0.717) is 17.9 Å². The van der Waals surface area contributed by atoms with E-state index < -0.39 is 0 Å². The Balaban J connectivity index is 1.89. The minimum atomic E-state index is -0.00525. The van der Waals surface area contributed by atoms with E-state index >= 15 is 0 Å². The molecule has 3 rings (SSSR count). The van der Waals surface area contributed by atoms with Gasteiger partial charge in [0.15, 0.2) is 0 Å². The average molecular weight is 306 g/mol. The Morgan fingerprint density at radius 2 is 2.10 bits per heavy atom. The van der Waals surface area contributed by atoms with Crippen LogP contribution in [-0.4, -0.2) is 22.9 Å². The summed E-state index contributed by atoms with van der Waals surface area (Å²) in [6, 6.07) is 2.57. The molecule has 1 N–H and O–H groups in total. The Kier molecular flexibility index (Phi) is 4.65. The van der Waals surface area contributed by atoms with Crippen molar-refractivity contribution >= 4 is 17.2 Å². The van der Waals surface area contributed by atoms with E-state index in [1.165, 1.54) is 37.7 Å². The molecule has 2 fully saturated rings. The van der Waals surface area contributed by atoms with Crippen molar-refractivity contribution < 1.29 is 4.79 Å². The minimum absolute atomic E-state index is 0.00525. The molecule has 2 aliphatic rings. The monoisotopic (exact) mass is 306 g/mol. The van der Waals surface area contributed by atoms with E-state index in [0.717, 1.165) is 6.42 Å². The van der Waals surface area contributed by atoms with Crippen LogP contribution in [0.3, 0.4) is 0 Å². The number of hydrogen-bond acceptors (Lipinski definition) is 3. The van der Waals surface area contributed by atoms with Gasteiger partial charge in [0.05, 0.1) is 6.04 Å². The van der Waals surface area contributed by atoms with Crippen molar-refractivity contribution in [2.75, 3.05) is 0 Å². The van der Waals surface area contributed by atoms with Crippen LogP contribution < -0.4 is 5.32 Å². The van der Waals surface area contributed by atoms with Gasteiger partial charge in [0.25, 0.3) is 0 Å². The van der Waals surface area contributed by atoms with Crippen LogP contribution in [0.25, 0.3) is 0 Å². The maximum atomic E-state index is 12.9. The van der Waals surface area contributed by atoms with Crippen LogP contribution >= 0.6 is 11.3 Å². The van der Waals surface area contributed by atoms with Crippen molar-refractivity contribution in [3.05, 3.63) is 22.4 Å². The maximum absolute atomic E-state index is 12.9. The van der Waals surface area contributed by atoms with Crippen molar-refractivity contribution in [3.63, 3.8) is 0 Å². The summed E-state index contributed by atoms with van der Waals surface area (Å²) < 4.78 is 0. The quantitative estimate of drug-likeness (QED) is 0.914. The summed E-state index contributed by atoms with van der Waals surface area (Å²) in [5, 5.41) is 7.86.